The molecule has 0 aliphatic heterocycles. The largest absolute Gasteiger partial charge is 0.493 e. The Morgan fingerprint density at radius 1 is 1.33 bits per heavy atom. The SMILES string of the molecule is CCCNC(c1c(OC)cnn1CC)C1C2CCCCC21. The van der Waals surface area contributed by atoms with Crippen LogP contribution in [-0.2, 0) is 6.54 Å². The van der Waals surface area contributed by atoms with Crippen molar-refractivity contribution >= 4 is 0 Å². The monoisotopic (exact) mass is 291 g/mol. The van der Waals surface area contributed by atoms with Gasteiger partial charge in [-0.25, -0.2) is 0 Å². The van der Waals surface area contributed by atoms with Gasteiger partial charge < -0.3 is 10.1 Å². The number of hydrogen-bond acceptors (Lipinski definition) is 3. The van der Waals surface area contributed by atoms with Gasteiger partial charge in [-0.05, 0) is 50.5 Å². The summed E-state index contributed by atoms with van der Waals surface area (Å²) in [5, 5.41) is 8.31. The van der Waals surface area contributed by atoms with Crippen LogP contribution in [0, 0.1) is 17.8 Å². The molecule has 4 nitrogen and oxygen atoms in total. The van der Waals surface area contributed by atoms with Crippen LogP contribution >= 0.6 is 0 Å². The van der Waals surface area contributed by atoms with Gasteiger partial charge in [-0.3, -0.25) is 4.68 Å². The second-order valence-electron chi connectivity index (χ2n) is 6.54. The summed E-state index contributed by atoms with van der Waals surface area (Å²) in [5.74, 6) is 3.60. The van der Waals surface area contributed by atoms with Crippen molar-refractivity contribution in [1.29, 1.82) is 0 Å². The average Bonchev–Trinajstić information content (AvgIpc) is 3.09. The number of ether oxygens (including phenoxy) is 1. The topological polar surface area (TPSA) is 39.1 Å². The first kappa shape index (κ1) is 14.9. The number of nitrogens with zero attached hydrogens (tertiary/aromatic N) is 2. The van der Waals surface area contributed by atoms with Gasteiger partial charge in [0.15, 0.2) is 5.75 Å². The lowest BCUT2D eigenvalue weighted by Gasteiger charge is -2.21. The molecule has 21 heavy (non-hydrogen) atoms. The maximum atomic E-state index is 5.60. The lowest BCUT2D eigenvalue weighted by atomic mass is 10.0. The second kappa shape index (κ2) is 6.39. The Morgan fingerprint density at radius 3 is 2.62 bits per heavy atom. The van der Waals surface area contributed by atoms with Crippen molar-refractivity contribution in [3.63, 3.8) is 0 Å². The summed E-state index contributed by atoms with van der Waals surface area (Å²) in [4.78, 5) is 0. The van der Waals surface area contributed by atoms with Crippen molar-refractivity contribution in [2.45, 2.75) is 58.5 Å². The van der Waals surface area contributed by atoms with Gasteiger partial charge in [0.05, 0.1) is 25.0 Å². The summed E-state index contributed by atoms with van der Waals surface area (Å²) in [6.45, 7) is 6.37. The van der Waals surface area contributed by atoms with Gasteiger partial charge in [-0.1, -0.05) is 19.8 Å². The van der Waals surface area contributed by atoms with E-state index < -0.39 is 0 Å². The summed E-state index contributed by atoms with van der Waals surface area (Å²) in [7, 11) is 1.76. The predicted molar refractivity (Wildman–Crippen MR) is 84.4 cm³/mol. The molecule has 1 aromatic rings. The maximum Gasteiger partial charge on any atom is 0.161 e. The van der Waals surface area contributed by atoms with Crippen LogP contribution in [0.5, 0.6) is 5.75 Å². The zero-order chi connectivity index (χ0) is 14.8. The lowest BCUT2D eigenvalue weighted by Crippen LogP contribution is -2.28. The van der Waals surface area contributed by atoms with Crippen LogP contribution in [-0.4, -0.2) is 23.4 Å². The third-order valence-electron chi connectivity index (χ3n) is 5.38. The van der Waals surface area contributed by atoms with E-state index in [1.165, 1.54) is 37.8 Å². The van der Waals surface area contributed by atoms with E-state index in [0.717, 1.165) is 36.6 Å². The molecule has 0 saturated heterocycles. The number of hydrogen-bond donors (Lipinski definition) is 1. The molecule has 1 aromatic heterocycles. The Bertz CT molecular complexity index is 437. The molecule has 2 fully saturated rings. The van der Waals surface area contributed by atoms with Gasteiger partial charge in [0.1, 0.15) is 0 Å². The van der Waals surface area contributed by atoms with Crippen LogP contribution in [0.25, 0.3) is 0 Å². The molecule has 2 aliphatic carbocycles. The van der Waals surface area contributed by atoms with E-state index in [4.69, 9.17) is 4.74 Å². The number of aromatic nitrogens is 2. The number of methoxy groups -OCH3 is 1. The molecular weight excluding hydrogens is 262 g/mol. The molecule has 3 atom stereocenters. The highest BCUT2D eigenvalue weighted by molar-refractivity contribution is 5.31. The first-order chi connectivity index (χ1) is 10.3. The van der Waals surface area contributed by atoms with E-state index in [9.17, 15) is 0 Å². The van der Waals surface area contributed by atoms with E-state index in [2.05, 4.69) is 28.9 Å². The summed E-state index contributed by atoms with van der Waals surface area (Å²) in [6.07, 6.45) is 8.72. The van der Waals surface area contributed by atoms with E-state index in [1.807, 2.05) is 6.20 Å². The average molecular weight is 291 g/mol. The molecule has 3 rings (SSSR count). The van der Waals surface area contributed by atoms with Crippen molar-refractivity contribution in [3.05, 3.63) is 11.9 Å². The fraction of sp³-hybridized carbons (Fsp3) is 0.824. The summed E-state index contributed by atoms with van der Waals surface area (Å²) in [6, 6.07) is 0.412. The molecule has 2 saturated carbocycles. The van der Waals surface area contributed by atoms with Crippen molar-refractivity contribution in [2.24, 2.45) is 17.8 Å². The van der Waals surface area contributed by atoms with Crippen LogP contribution in [0.3, 0.4) is 0 Å². The zero-order valence-corrected chi connectivity index (χ0v) is 13.6. The van der Waals surface area contributed by atoms with E-state index in [1.54, 1.807) is 7.11 Å². The van der Waals surface area contributed by atoms with Crippen LogP contribution in [0.1, 0.15) is 57.7 Å². The van der Waals surface area contributed by atoms with Crippen molar-refractivity contribution in [3.8, 4) is 5.75 Å². The highest BCUT2D eigenvalue weighted by Gasteiger charge is 2.55. The Balaban J connectivity index is 1.87. The van der Waals surface area contributed by atoms with Gasteiger partial charge in [0, 0.05) is 6.54 Å². The van der Waals surface area contributed by atoms with Crippen LogP contribution < -0.4 is 10.1 Å². The van der Waals surface area contributed by atoms with Crippen LogP contribution in [0.4, 0.5) is 0 Å². The Hall–Kier alpha value is -1.03. The minimum Gasteiger partial charge on any atom is -0.493 e. The number of fused-ring (bicyclic) bond motifs is 1. The van der Waals surface area contributed by atoms with Gasteiger partial charge in [-0.15, -0.1) is 0 Å². The third kappa shape index (κ3) is 2.70. The third-order valence-corrected chi connectivity index (χ3v) is 5.38. The minimum atomic E-state index is 0.412. The molecule has 3 unspecified atom stereocenters. The Labute approximate surface area is 128 Å². The number of aryl methyl sites for hydroxylation is 1. The van der Waals surface area contributed by atoms with Gasteiger partial charge in [0.25, 0.3) is 0 Å². The van der Waals surface area contributed by atoms with Crippen LogP contribution in [0.15, 0.2) is 6.20 Å². The van der Waals surface area contributed by atoms with E-state index in [0.29, 0.717) is 6.04 Å². The minimum absolute atomic E-state index is 0.412. The number of nitrogens with one attached hydrogen (secondary N) is 1. The molecule has 118 valence electrons. The molecule has 0 radical (unpaired) electrons. The summed E-state index contributed by atoms with van der Waals surface area (Å²) < 4.78 is 7.72. The van der Waals surface area contributed by atoms with Crippen molar-refractivity contribution in [1.82, 2.24) is 15.1 Å². The van der Waals surface area contributed by atoms with Crippen molar-refractivity contribution in [2.75, 3.05) is 13.7 Å². The summed E-state index contributed by atoms with van der Waals surface area (Å²) in [5.41, 5.74) is 1.27. The molecule has 1 N–H and O–H groups in total. The van der Waals surface area contributed by atoms with E-state index in [-0.39, 0.29) is 0 Å². The molecule has 0 spiro atoms. The first-order valence-electron chi connectivity index (χ1n) is 8.64. The van der Waals surface area contributed by atoms with E-state index >= 15 is 0 Å². The second-order valence-corrected chi connectivity index (χ2v) is 6.54. The molecule has 0 amide bonds. The quantitative estimate of drug-likeness (QED) is 0.837. The first-order valence-corrected chi connectivity index (χ1v) is 8.64. The molecule has 2 aliphatic rings. The Morgan fingerprint density at radius 2 is 2.05 bits per heavy atom. The highest BCUT2D eigenvalue weighted by Crippen LogP contribution is 2.61. The molecule has 0 bridgehead atoms. The lowest BCUT2D eigenvalue weighted by molar-refractivity contribution is 0.368. The fourth-order valence-electron chi connectivity index (χ4n) is 4.36. The molecule has 1 heterocycles. The fourth-order valence-corrected chi connectivity index (χ4v) is 4.36. The van der Waals surface area contributed by atoms with Gasteiger partial charge in [0.2, 0.25) is 0 Å². The number of rotatable bonds is 7. The standard InChI is InChI=1S/C17H29N3O/c1-4-10-18-16(15-12-8-6-7-9-13(12)15)17-14(21-3)11-19-20(17)5-2/h11-13,15-16,18H,4-10H2,1-3H3. The highest BCUT2D eigenvalue weighted by atomic mass is 16.5. The van der Waals surface area contributed by atoms with Crippen LogP contribution in [0.2, 0.25) is 0 Å². The normalized spacial score (nSPS) is 29.0. The molecular formula is C17H29N3O. The zero-order valence-electron chi connectivity index (χ0n) is 13.6. The maximum absolute atomic E-state index is 5.60. The van der Waals surface area contributed by atoms with Gasteiger partial charge >= 0.3 is 0 Å². The van der Waals surface area contributed by atoms with Gasteiger partial charge in [-0.2, -0.15) is 5.10 Å². The smallest absolute Gasteiger partial charge is 0.161 e. The molecule has 4 heteroatoms. The molecule has 0 aromatic carbocycles. The van der Waals surface area contributed by atoms with Crippen molar-refractivity contribution < 1.29 is 4.74 Å². The predicted octanol–water partition coefficient (Wildman–Crippen LogP) is 3.39. The Kier molecular flexibility index (Phi) is 4.53. The summed E-state index contributed by atoms with van der Waals surface area (Å²) >= 11 is 0.